The molecule has 0 aliphatic carbocycles. The second-order valence-corrected chi connectivity index (χ2v) is 8.03. The highest BCUT2D eigenvalue weighted by Gasteiger charge is 2.14. The SMILES string of the molecule is CCN(CC)Cc1ccc(F)c(C=Cc2nc3ccc(F)cc3c(=O)n2-c2cccnc2C)c1. The predicted molar refractivity (Wildman–Crippen MR) is 132 cm³/mol. The zero-order valence-corrected chi connectivity index (χ0v) is 19.4. The summed E-state index contributed by atoms with van der Waals surface area (Å²) < 4.78 is 29.9. The zero-order valence-electron chi connectivity index (χ0n) is 19.4. The van der Waals surface area contributed by atoms with Gasteiger partial charge in [-0.25, -0.2) is 13.8 Å². The van der Waals surface area contributed by atoms with Crippen LogP contribution in [-0.4, -0.2) is 32.5 Å². The van der Waals surface area contributed by atoms with E-state index in [1.807, 2.05) is 0 Å². The van der Waals surface area contributed by atoms with E-state index in [0.717, 1.165) is 18.7 Å². The Bertz CT molecular complexity index is 1420. The number of benzene rings is 2. The first-order chi connectivity index (χ1) is 16.4. The lowest BCUT2D eigenvalue weighted by atomic mass is 10.1. The third-order valence-corrected chi connectivity index (χ3v) is 5.85. The summed E-state index contributed by atoms with van der Waals surface area (Å²) in [5.74, 6) is -0.584. The minimum absolute atomic E-state index is 0.160. The number of pyridine rings is 1. The van der Waals surface area contributed by atoms with Crippen LogP contribution >= 0.6 is 0 Å². The summed E-state index contributed by atoms with van der Waals surface area (Å²) in [6, 6.07) is 12.4. The van der Waals surface area contributed by atoms with Gasteiger partial charge in [-0.15, -0.1) is 0 Å². The Morgan fingerprint density at radius 1 is 1.03 bits per heavy atom. The van der Waals surface area contributed by atoms with Crippen molar-refractivity contribution in [2.24, 2.45) is 0 Å². The van der Waals surface area contributed by atoms with Crippen LogP contribution in [0.25, 0.3) is 28.7 Å². The number of aromatic nitrogens is 3. The van der Waals surface area contributed by atoms with E-state index in [9.17, 15) is 13.6 Å². The van der Waals surface area contributed by atoms with Crippen LogP contribution in [0.2, 0.25) is 0 Å². The van der Waals surface area contributed by atoms with Gasteiger partial charge in [0.05, 0.1) is 22.3 Å². The molecule has 34 heavy (non-hydrogen) atoms. The predicted octanol–water partition coefficient (Wildman–Crippen LogP) is 5.38. The topological polar surface area (TPSA) is 51.0 Å². The van der Waals surface area contributed by atoms with Crippen LogP contribution in [0, 0.1) is 18.6 Å². The quantitative estimate of drug-likeness (QED) is 0.372. The summed E-state index contributed by atoms with van der Waals surface area (Å²) in [7, 11) is 0. The van der Waals surface area contributed by atoms with Gasteiger partial charge in [0.2, 0.25) is 0 Å². The van der Waals surface area contributed by atoms with Gasteiger partial charge in [0.15, 0.2) is 0 Å². The lowest BCUT2D eigenvalue weighted by Gasteiger charge is -2.18. The molecule has 0 atom stereocenters. The maximum absolute atomic E-state index is 14.6. The Morgan fingerprint density at radius 3 is 2.56 bits per heavy atom. The van der Waals surface area contributed by atoms with Crippen LogP contribution in [0.3, 0.4) is 0 Å². The molecule has 0 aliphatic rings. The normalized spacial score (nSPS) is 11.7. The molecule has 0 spiro atoms. The van der Waals surface area contributed by atoms with E-state index in [-0.39, 0.29) is 11.2 Å². The van der Waals surface area contributed by atoms with Crippen molar-refractivity contribution in [1.82, 2.24) is 19.4 Å². The van der Waals surface area contributed by atoms with E-state index in [1.54, 1.807) is 49.5 Å². The molecular weight excluding hydrogens is 434 g/mol. The van der Waals surface area contributed by atoms with Crippen molar-refractivity contribution in [2.45, 2.75) is 27.3 Å². The highest BCUT2D eigenvalue weighted by molar-refractivity contribution is 5.80. The van der Waals surface area contributed by atoms with Gasteiger partial charge in [0.1, 0.15) is 17.5 Å². The number of aryl methyl sites for hydroxylation is 1. The molecule has 4 rings (SSSR count). The van der Waals surface area contributed by atoms with Crippen molar-refractivity contribution >= 4 is 23.1 Å². The Kier molecular flexibility index (Phi) is 6.93. The summed E-state index contributed by atoms with van der Waals surface area (Å²) in [5.41, 5.74) is 2.47. The first-order valence-electron chi connectivity index (χ1n) is 11.2. The molecule has 174 valence electrons. The van der Waals surface area contributed by atoms with Crippen molar-refractivity contribution in [3.63, 3.8) is 0 Å². The molecule has 0 aliphatic heterocycles. The van der Waals surface area contributed by atoms with Crippen molar-refractivity contribution in [1.29, 1.82) is 0 Å². The monoisotopic (exact) mass is 460 g/mol. The average Bonchev–Trinajstić information content (AvgIpc) is 2.84. The van der Waals surface area contributed by atoms with Crippen molar-refractivity contribution in [2.75, 3.05) is 13.1 Å². The maximum atomic E-state index is 14.6. The summed E-state index contributed by atoms with van der Waals surface area (Å²) in [5, 5.41) is 0.160. The molecule has 0 saturated heterocycles. The first-order valence-corrected chi connectivity index (χ1v) is 11.2. The number of fused-ring (bicyclic) bond motifs is 1. The molecule has 0 fully saturated rings. The van der Waals surface area contributed by atoms with E-state index < -0.39 is 11.4 Å². The molecule has 0 radical (unpaired) electrons. The van der Waals surface area contributed by atoms with E-state index in [0.29, 0.717) is 34.8 Å². The Morgan fingerprint density at radius 2 is 1.82 bits per heavy atom. The van der Waals surface area contributed by atoms with Crippen LogP contribution in [-0.2, 0) is 6.54 Å². The molecule has 5 nitrogen and oxygen atoms in total. The maximum Gasteiger partial charge on any atom is 0.266 e. The Balaban J connectivity index is 1.85. The number of rotatable bonds is 7. The third-order valence-electron chi connectivity index (χ3n) is 5.85. The fourth-order valence-electron chi connectivity index (χ4n) is 3.92. The van der Waals surface area contributed by atoms with Gasteiger partial charge < -0.3 is 0 Å². The van der Waals surface area contributed by atoms with Gasteiger partial charge >= 0.3 is 0 Å². The molecule has 4 aromatic rings. The molecule has 2 aromatic heterocycles. The van der Waals surface area contributed by atoms with Crippen LogP contribution in [0.4, 0.5) is 8.78 Å². The standard InChI is InChI=1S/C27H26F2N4O/c1-4-32(5-2)17-19-8-11-23(29)20(15-19)9-13-26-31-24-12-10-21(28)16-22(24)27(34)33(26)25-7-6-14-30-18(25)3/h6-16H,4-5,17H2,1-3H3. The second-order valence-electron chi connectivity index (χ2n) is 8.03. The highest BCUT2D eigenvalue weighted by Crippen LogP contribution is 2.19. The van der Waals surface area contributed by atoms with Crippen molar-refractivity contribution in [3.05, 3.63) is 99.4 Å². The van der Waals surface area contributed by atoms with E-state index in [2.05, 4.69) is 28.7 Å². The molecular formula is C27H26F2N4O. The summed E-state index contributed by atoms with van der Waals surface area (Å²) in [6.07, 6.45) is 4.85. The van der Waals surface area contributed by atoms with E-state index in [1.165, 1.54) is 28.8 Å². The van der Waals surface area contributed by atoms with Crippen LogP contribution < -0.4 is 5.56 Å². The van der Waals surface area contributed by atoms with Gasteiger partial charge in [0, 0.05) is 18.3 Å². The fraction of sp³-hybridized carbons (Fsp3) is 0.222. The van der Waals surface area contributed by atoms with Crippen LogP contribution in [0.5, 0.6) is 0 Å². The zero-order chi connectivity index (χ0) is 24.2. The smallest absolute Gasteiger partial charge is 0.266 e. The largest absolute Gasteiger partial charge is 0.300 e. The fourth-order valence-corrected chi connectivity index (χ4v) is 3.92. The van der Waals surface area contributed by atoms with Gasteiger partial charge in [-0.1, -0.05) is 19.9 Å². The molecule has 0 unspecified atom stereocenters. The molecule has 0 amide bonds. The van der Waals surface area contributed by atoms with Gasteiger partial charge in [0.25, 0.3) is 5.56 Å². The number of hydrogen-bond donors (Lipinski definition) is 0. The number of hydrogen-bond acceptors (Lipinski definition) is 4. The lowest BCUT2D eigenvalue weighted by molar-refractivity contribution is 0.296. The van der Waals surface area contributed by atoms with Gasteiger partial charge in [-0.3, -0.25) is 19.2 Å². The average molecular weight is 461 g/mol. The number of halogens is 2. The van der Waals surface area contributed by atoms with Crippen LogP contribution in [0.15, 0.2) is 59.5 Å². The number of nitrogens with zero attached hydrogens (tertiary/aromatic N) is 4. The summed E-state index contributed by atoms with van der Waals surface area (Å²) in [4.78, 5) is 24.5. The Hall–Kier alpha value is -3.71. The van der Waals surface area contributed by atoms with E-state index >= 15 is 0 Å². The minimum Gasteiger partial charge on any atom is -0.300 e. The van der Waals surface area contributed by atoms with Crippen molar-refractivity contribution in [3.8, 4) is 5.69 Å². The summed E-state index contributed by atoms with van der Waals surface area (Å²) in [6.45, 7) is 8.47. The molecule has 0 N–H and O–H groups in total. The highest BCUT2D eigenvalue weighted by atomic mass is 19.1. The van der Waals surface area contributed by atoms with Gasteiger partial charge in [-0.2, -0.15) is 0 Å². The molecule has 7 heteroatoms. The molecule has 0 bridgehead atoms. The Labute approximate surface area is 197 Å². The lowest BCUT2D eigenvalue weighted by Crippen LogP contribution is -2.23. The molecule has 0 saturated carbocycles. The van der Waals surface area contributed by atoms with Crippen LogP contribution in [0.1, 0.15) is 36.5 Å². The second kappa shape index (κ2) is 10.1. The van der Waals surface area contributed by atoms with E-state index in [4.69, 9.17) is 0 Å². The van der Waals surface area contributed by atoms with Crippen molar-refractivity contribution < 1.29 is 8.78 Å². The molecule has 2 heterocycles. The third kappa shape index (κ3) is 4.79. The first kappa shape index (κ1) is 23.4. The van der Waals surface area contributed by atoms with Gasteiger partial charge in [-0.05, 0) is 80.2 Å². The molecule has 2 aromatic carbocycles. The summed E-state index contributed by atoms with van der Waals surface area (Å²) >= 11 is 0. The minimum atomic E-state index is -0.517.